The van der Waals surface area contributed by atoms with Crippen LogP contribution in [0.4, 0.5) is 22.0 Å². The summed E-state index contributed by atoms with van der Waals surface area (Å²) in [4.78, 5) is 23.4. The average molecular weight is 458 g/mol. The van der Waals surface area contributed by atoms with Gasteiger partial charge in [-0.2, -0.15) is 0 Å². The highest BCUT2D eigenvalue weighted by molar-refractivity contribution is 7.10. The molecule has 0 radical (unpaired) electrons. The highest BCUT2D eigenvalue weighted by Crippen LogP contribution is 2.28. The van der Waals surface area contributed by atoms with Crippen LogP contribution in [-0.2, 0) is 0 Å². The highest BCUT2D eigenvalue weighted by Gasteiger charge is 2.22. The number of rotatable bonds is 4. The van der Waals surface area contributed by atoms with E-state index in [-0.39, 0.29) is 6.03 Å². The van der Waals surface area contributed by atoms with E-state index in [1.165, 1.54) is 46.7 Å². The van der Waals surface area contributed by atoms with Crippen LogP contribution < -0.4 is 15.1 Å². The van der Waals surface area contributed by atoms with Crippen molar-refractivity contribution in [3.05, 3.63) is 58.9 Å². The summed E-state index contributed by atoms with van der Waals surface area (Å²) in [6.07, 6.45) is 7.92. The van der Waals surface area contributed by atoms with Gasteiger partial charge in [-0.15, -0.1) is 17.8 Å². The van der Waals surface area contributed by atoms with Crippen LogP contribution in [0, 0.1) is 12.3 Å². The van der Waals surface area contributed by atoms with Crippen LogP contribution in [0.25, 0.3) is 11.1 Å². The van der Waals surface area contributed by atoms with Gasteiger partial charge in [-0.05, 0) is 54.2 Å². The molecule has 2 aliphatic heterocycles. The number of piperazine rings is 1. The van der Waals surface area contributed by atoms with Crippen LogP contribution in [0.3, 0.4) is 0 Å². The molecule has 0 spiro atoms. The second-order valence-electron chi connectivity index (χ2n) is 8.38. The fraction of sp³-hybridized carbons (Fsp3) is 0.308. The van der Waals surface area contributed by atoms with Gasteiger partial charge in [0.15, 0.2) is 5.01 Å². The third-order valence-corrected chi connectivity index (χ3v) is 7.09. The molecule has 2 aliphatic rings. The molecule has 7 heteroatoms. The van der Waals surface area contributed by atoms with Gasteiger partial charge in [-0.1, -0.05) is 24.3 Å². The molecule has 3 heterocycles. The fourth-order valence-electron chi connectivity index (χ4n) is 4.48. The predicted octanol–water partition coefficient (Wildman–Crippen LogP) is 4.75. The van der Waals surface area contributed by atoms with Gasteiger partial charge in [0, 0.05) is 56.0 Å². The molecule has 1 N–H and O–H groups in total. The molecular weight excluding hydrogens is 430 g/mol. The molecular formula is C26H27N5OS. The topological polar surface area (TPSA) is 51.7 Å². The van der Waals surface area contributed by atoms with Crippen molar-refractivity contribution in [2.45, 2.75) is 12.8 Å². The Bertz CT molecular complexity index is 1150. The Balaban J connectivity index is 1.18. The molecule has 0 aliphatic carbocycles. The molecule has 0 atom stereocenters. The second-order valence-corrected chi connectivity index (χ2v) is 9.24. The first-order chi connectivity index (χ1) is 16.2. The third kappa shape index (κ3) is 4.81. The Hall–Kier alpha value is -3.50. The predicted molar refractivity (Wildman–Crippen MR) is 136 cm³/mol. The fourth-order valence-corrected chi connectivity index (χ4v) is 5.03. The van der Waals surface area contributed by atoms with E-state index < -0.39 is 0 Å². The van der Waals surface area contributed by atoms with Crippen molar-refractivity contribution in [3.8, 4) is 23.5 Å². The van der Waals surface area contributed by atoms with Crippen LogP contribution in [0.2, 0.25) is 0 Å². The van der Waals surface area contributed by atoms with Crippen molar-refractivity contribution in [1.82, 2.24) is 9.88 Å². The molecule has 0 unspecified atom stereocenters. The minimum atomic E-state index is -0.128. The number of amides is 2. The Labute approximate surface area is 198 Å². The summed E-state index contributed by atoms with van der Waals surface area (Å²) < 4.78 is 0. The lowest BCUT2D eigenvalue weighted by Gasteiger charge is -2.36. The second kappa shape index (κ2) is 9.55. The van der Waals surface area contributed by atoms with Crippen molar-refractivity contribution in [2.24, 2.45) is 0 Å². The number of terminal acetylenes is 1. The largest absolute Gasteiger partial charge is 0.372 e. The number of anilines is 3. The molecule has 2 fully saturated rings. The van der Waals surface area contributed by atoms with Crippen LogP contribution in [-0.4, -0.2) is 55.2 Å². The minimum Gasteiger partial charge on any atom is -0.372 e. The lowest BCUT2D eigenvalue weighted by Crippen LogP contribution is -2.50. The number of hydrogen-bond donors (Lipinski definition) is 1. The van der Waals surface area contributed by atoms with Gasteiger partial charge in [0.25, 0.3) is 0 Å². The summed E-state index contributed by atoms with van der Waals surface area (Å²) in [5.41, 5.74) is 4.99. The first kappa shape index (κ1) is 21.4. The van der Waals surface area contributed by atoms with Crippen molar-refractivity contribution in [3.63, 3.8) is 0 Å². The summed E-state index contributed by atoms with van der Waals surface area (Å²) in [7, 11) is 0. The maximum absolute atomic E-state index is 12.5. The van der Waals surface area contributed by atoms with E-state index >= 15 is 0 Å². The van der Waals surface area contributed by atoms with Crippen molar-refractivity contribution < 1.29 is 4.79 Å². The summed E-state index contributed by atoms with van der Waals surface area (Å²) in [6.45, 7) is 5.23. The number of benzene rings is 2. The normalized spacial score (nSPS) is 16.0. The SMILES string of the molecule is C#Cc1nc(NC(=O)N2CCN(c3ccc(-c4cccc(N5CCCC5)c4)cc3)CC2)cs1. The molecule has 1 aromatic heterocycles. The summed E-state index contributed by atoms with van der Waals surface area (Å²) in [5.74, 6) is 3.01. The zero-order chi connectivity index (χ0) is 22.6. The van der Waals surface area contributed by atoms with Gasteiger partial charge in [-0.3, -0.25) is 5.32 Å². The molecule has 33 heavy (non-hydrogen) atoms. The van der Waals surface area contributed by atoms with Crippen LogP contribution >= 0.6 is 11.3 Å². The number of aromatic nitrogens is 1. The lowest BCUT2D eigenvalue weighted by molar-refractivity contribution is 0.208. The smallest absolute Gasteiger partial charge is 0.323 e. The zero-order valence-electron chi connectivity index (χ0n) is 18.5. The minimum absolute atomic E-state index is 0.128. The summed E-state index contributed by atoms with van der Waals surface area (Å²) in [5, 5.41) is 5.18. The molecule has 2 aromatic carbocycles. The lowest BCUT2D eigenvalue weighted by atomic mass is 10.0. The number of hydrogen-bond acceptors (Lipinski definition) is 5. The Morgan fingerprint density at radius 3 is 2.33 bits per heavy atom. The van der Waals surface area contributed by atoms with Crippen LogP contribution in [0.5, 0.6) is 0 Å². The van der Waals surface area contributed by atoms with Crippen molar-refractivity contribution >= 4 is 34.6 Å². The molecule has 0 saturated carbocycles. The van der Waals surface area contributed by atoms with E-state index in [9.17, 15) is 4.79 Å². The number of nitrogens with one attached hydrogen (secondary N) is 1. The van der Waals surface area contributed by atoms with Gasteiger partial charge in [0.2, 0.25) is 0 Å². The average Bonchev–Trinajstić information content (AvgIpc) is 3.57. The number of nitrogens with zero attached hydrogens (tertiary/aromatic N) is 4. The van der Waals surface area contributed by atoms with E-state index in [0.29, 0.717) is 23.9 Å². The summed E-state index contributed by atoms with van der Waals surface area (Å²) >= 11 is 1.35. The number of carbonyl (C=O) groups excluding carboxylic acids is 1. The summed E-state index contributed by atoms with van der Waals surface area (Å²) in [6, 6.07) is 17.5. The third-order valence-electron chi connectivity index (χ3n) is 6.31. The first-order valence-electron chi connectivity index (χ1n) is 11.4. The number of urea groups is 1. The van der Waals surface area contributed by atoms with E-state index in [1.54, 1.807) is 5.38 Å². The zero-order valence-corrected chi connectivity index (χ0v) is 19.4. The van der Waals surface area contributed by atoms with Crippen LogP contribution in [0.1, 0.15) is 17.8 Å². The van der Waals surface area contributed by atoms with Crippen LogP contribution in [0.15, 0.2) is 53.9 Å². The molecule has 6 nitrogen and oxygen atoms in total. The molecule has 168 valence electrons. The van der Waals surface area contributed by atoms with Gasteiger partial charge in [0.1, 0.15) is 5.82 Å². The monoisotopic (exact) mass is 457 g/mol. The quantitative estimate of drug-likeness (QED) is 0.575. The molecule has 2 saturated heterocycles. The van der Waals surface area contributed by atoms with Crippen molar-refractivity contribution in [1.29, 1.82) is 0 Å². The Morgan fingerprint density at radius 2 is 1.64 bits per heavy atom. The molecule has 5 rings (SSSR count). The van der Waals surface area contributed by atoms with E-state index in [2.05, 4.69) is 74.6 Å². The molecule has 2 amide bonds. The first-order valence-corrected chi connectivity index (χ1v) is 12.3. The molecule has 3 aromatic rings. The van der Waals surface area contributed by atoms with E-state index in [0.717, 1.165) is 26.2 Å². The van der Waals surface area contributed by atoms with Gasteiger partial charge in [0.05, 0.1) is 0 Å². The Morgan fingerprint density at radius 1 is 0.909 bits per heavy atom. The molecule has 0 bridgehead atoms. The standard InChI is InChI=1S/C26H27N5OS/c1-2-25-27-24(19-33-25)28-26(32)31-16-14-30(15-17-31)22-10-8-20(9-11-22)21-6-5-7-23(18-21)29-12-3-4-13-29/h1,5-11,18-19H,3-4,12-17H2,(H,28,32). The number of carbonyl (C=O) groups is 1. The van der Waals surface area contributed by atoms with E-state index in [1.807, 2.05) is 4.90 Å². The van der Waals surface area contributed by atoms with Gasteiger partial charge in [-0.25, -0.2) is 9.78 Å². The van der Waals surface area contributed by atoms with E-state index in [4.69, 9.17) is 6.42 Å². The Kier molecular flexibility index (Phi) is 6.18. The van der Waals surface area contributed by atoms with Gasteiger partial charge < -0.3 is 14.7 Å². The highest BCUT2D eigenvalue weighted by atomic mass is 32.1. The van der Waals surface area contributed by atoms with Crippen molar-refractivity contribution in [2.75, 3.05) is 54.4 Å². The van der Waals surface area contributed by atoms with Gasteiger partial charge >= 0.3 is 6.03 Å². The maximum Gasteiger partial charge on any atom is 0.323 e. The maximum atomic E-state index is 12.5. The number of thiazole rings is 1.